The summed E-state index contributed by atoms with van der Waals surface area (Å²) in [5, 5.41) is 11.0. The molecule has 0 spiro atoms. The van der Waals surface area contributed by atoms with E-state index < -0.39 is 18.5 Å². The zero-order valence-corrected chi connectivity index (χ0v) is 14.4. The molecule has 0 saturated heterocycles. The van der Waals surface area contributed by atoms with Gasteiger partial charge in [-0.1, -0.05) is 18.2 Å². The van der Waals surface area contributed by atoms with Crippen LogP contribution in [-0.4, -0.2) is 33.5 Å². The van der Waals surface area contributed by atoms with Crippen LogP contribution in [0.25, 0.3) is 5.69 Å². The summed E-state index contributed by atoms with van der Waals surface area (Å²) in [6, 6.07) is 12.4. The van der Waals surface area contributed by atoms with Gasteiger partial charge in [-0.2, -0.15) is 9.90 Å². The fraction of sp³-hybridized carbons (Fsp3) is 0.222. The van der Waals surface area contributed by atoms with E-state index >= 15 is 0 Å². The number of rotatable bonds is 6. The molecule has 134 valence electrons. The van der Waals surface area contributed by atoms with E-state index in [2.05, 4.69) is 15.5 Å². The standard InChI is InChI=1S/C18H18N4O4/c1-12(15-9-6-10-25-15)19-16(23)11-26-18(24)17-13(2)20-22(21-17)14-7-4-3-5-8-14/h3-10,12H,11H2,1-2H3,(H,19,23)/t12-/m0/s1. The Morgan fingerprint density at radius 2 is 1.96 bits per heavy atom. The largest absolute Gasteiger partial charge is 0.467 e. The Morgan fingerprint density at radius 3 is 2.65 bits per heavy atom. The molecule has 2 heterocycles. The quantitative estimate of drug-likeness (QED) is 0.681. The first-order chi connectivity index (χ1) is 12.5. The molecule has 3 rings (SSSR count). The molecular weight excluding hydrogens is 336 g/mol. The van der Waals surface area contributed by atoms with Crippen LogP contribution >= 0.6 is 0 Å². The molecule has 1 aromatic carbocycles. The van der Waals surface area contributed by atoms with Gasteiger partial charge in [0.25, 0.3) is 5.91 Å². The summed E-state index contributed by atoms with van der Waals surface area (Å²) in [6.07, 6.45) is 1.52. The minimum Gasteiger partial charge on any atom is -0.467 e. The van der Waals surface area contributed by atoms with Gasteiger partial charge in [-0.15, -0.1) is 5.10 Å². The van der Waals surface area contributed by atoms with Crippen LogP contribution in [0.2, 0.25) is 0 Å². The highest BCUT2D eigenvalue weighted by Crippen LogP contribution is 2.12. The zero-order chi connectivity index (χ0) is 18.5. The topological polar surface area (TPSA) is 99.3 Å². The number of aryl methyl sites for hydroxylation is 1. The molecule has 0 fully saturated rings. The number of nitrogens with zero attached hydrogens (tertiary/aromatic N) is 3. The summed E-state index contributed by atoms with van der Waals surface area (Å²) >= 11 is 0. The fourth-order valence-corrected chi connectivity index (χ4v) is 2.34. The molecule has 0 bridgehead atoms. The highest BCUT2D eigenvalue weighted by molar-refractivity contribution is 5.90. The second kappa shape index (κ2) is 7.64. The maximum Gasteiger partial charge on any atom is 0.361 e. The first-order valence-electron chi connectivity index (χ1n) is 8.04. The van der Waals surface area contributed by atoms with Gasteiger partial charge in [-0.25, -0.2) is 4.79 Å². The van der Waals surface area contributed by atoms with E-state index in [4.69, 9.17) is 9.15 Å². The van der Waals surface area contributed by atoms with Crippen LogP contribution in [0.1, 0.15) is 34.9 Å². The summed E-state index contributed by atoms with van der Waals surface area (Å²) in [5.74, 6) is -0.521. The Morgan fingerprint density at radius 1 is 1.19 bits per heavy atom. The van der Waals surface area contributed by atoms with Crippen molar-refractivity contribution in [1.82, 2.24) is 20.3 Å². The smallest absolute Gasteiger partial charge is 0.361 e. The second-order valence-electron chi connectivity index (χ2n) is 5.64. The third-order valence-corrected chi connectivity index (χ3v) is 3.64. The Labute approximate surface area is 149 Å². The van der Waals surface area contributed by atoms with Crippen LogP contribution in [-0.2, 0) is 9.53 Å². The molecule has 26 heavy (non-hydrogen) atoms. The Balaban J connectivity index is 1.58. The first-order valence-corrected chi connectivity index (χ1v) is 8.04. The summed E-state index contributed by atoms with van der Waals surface area (Å²) in [5.41, 5.74) is 1.21. The second-order valence-corrected chi connectivity index (χ2v) is 5.64. The van der Waals surface area contributed by atoms with Gasteiger partial charge < -0.3 is 14.5 Å². The molecule has 0 aliphatic rings. The molecule has 8 nitrogen and oxygen atoms in total. The lowest BCUT2D eigenvalue weighted by Crippen LogP contribution is -2.31. The average molecular weight is 354 g/mol. The van der Waals surface area contributed by atoms with E-state index in [0.717, 1.165) is 5.69 Å². The van der Waals surface area contributed by atoms with Gasteiger partial charge in [0.1, 0.15) is 5.76 Å². The minimum atomic E-state index is -0.703. The minimum absolute atomic E-state index is 0.0701. The van der Waals surface area contributed by atoms with Crippen molar-refractivity contribution in [2.75, 3.05) is 6.61 Å². The van der Waals surface area contributed by atoms with Gasteiger partial charge >= 0.3 is 5.97 Å². The van der Waals surface area contributed by atoms with Crippen LogP contribution in [0, 0.1) is 6.92 Å². The van der Waals surface area contributed by atoms with Crippen molar-refractivity contribution in [3.63, 3.8) is 0 Å². The van der Waals surface area contributed by atoms with E-state index in [1.54, 1.807) is 26.0 Å². The highest BCUT2D eigenvalue weighted by atomic mass is 16.5. The lowest BCUT2D eigenvalue weighted by Gasteiger charge is -2.11. The zero-order valence-electron chi connectivity index (χ0n) is 14.4. The number of carbonyl (C=O) groups is 2. The molecular formula is C18H18N4O4. The van der Waals surface area contributed by atoms with Gasteiger partial charge in [-0.3, -0.25) is 4.79 Å². The summed E-state index contributed by atoms with van der Waals surface area (Å²) in [7, 11) is 0. The van der Waals surface area contributed by atoms with Crippen molar-refractivity contribution < 1.29 is 18.7 Å². The lowest BCUT2D eigenvalue weighted by atomic mass is 10.2. The molecule has 0 saturated carbocycles. The number of para-hydroxylation sites is 1. The van der Waals surface area contributed by atoms with Crippen molar-refractivity contribution in [2.24, 2.45) is 0 Å². The Hall–Kier alpha value is -3.42. The Bertz CT molecular complexity index is 887. The van der Waals surface area contributed by atoms with Gasteiger partial charge in [0.2, 0.25) is 0 Å². The molecule has 2 aromatic heterocycles. The average Bonchev–Trinajstić information content (AvgIpc) is 3.30. The molecule has 0 unspecified atom stereocenters. The molecule has 3 aromatic rings. The number of hydrogen-bond acceptors (Lipinski definition) is 6. The van der Waals surface area contributed by atoms with Crippen molar-refractivity contribution in [3.05, 3.63) is 65.9 Å². The number of carbonyl (C=O) groups excluding carboxylic acids is 2. The van der Waals surface area contributed by atoms with Crippen LogP contribution < -0.4 is 5.32 Å². The molecule has 0 aliphatic carbocycles. The normalized spacial score (nSPS) is 11.8. The van der Waals surface area contributed by atoms with Crippen molar-refractivity contribution >= 4 is 11.9 Å². The summed E-state index contributed by atoms with van der Waals surface area (Å²) in [4.78, 5) is 25.5. The number of aromatic nitrogens is 3. The van der Waals surface area contributed by atoms with Crippen LogP contribution in [0.3, 0.4) is 0 Å². The van der Waals surface area contributed by atoms with E-state index in [1.165, 1.54) is 11.1 Å². The first kappa shape index (κ1) is 17.4. The molecule has 8 heteroatoms. The summed E-state index contributed by atoms with van der Waals surface area (Å²) < 4.78 is 10.2. The van der Waals surface area contributed by atoms with Gasteiger partial charge in [-0.05, 0) is 38.1 Å². The third-order valence-electron chi connectivity index (χ3n) is 3.64. The van der Waals surface area contributed by atoms with Gasteiger partial charge in [0.05, 0.1) is 23.7 Å². The maximum atomic E-state index is 12.2. The number of furan rings is 1. The van der Waals surface area contributed by atoms with E-state index in [1.807, 2.05) is 30.3 Å². The van der Waals surface area contributed by atoms with E-state index in [-0.39, 0.29) is 11.7 Å². The summed E-state index contributed by atoms with van der Waals surface area (Å²) in [6.45, 7) is 3.01. The van der Waals surface area contributed by atoms with Crippen molar-refractivity contribution in [1.29, 1.82) is 0 Å². The molecule has 0 radical (unpaired) electrons. The number of hydrogen-bond donors (Lipinski definition) is 1. The van der Waals surface area contributed by atoms with Crippen LogP contribution in [0.4, 0.5) is 0 Å². The highest BCUT2D eigenvalue weighted by Gasteiger charge is 2.20. The number of nitrogens with one attached hydrogen (secondary N) is 1. The van der Waals surface area contributed by atoms with Crippen LogP contribution in [0.5, 0.6) is 0 Å². The Kier molecular flexibility index (Phi) is 5.12. The lowest BCUT2D eigenvalue weighted by molar-refractivity contribution is -0.125. The molecule has 1 N–H and O–H groups in total. The monoisotopic (exact) mass is 354 g/mol. The van der Waals surface area contributed by atoms with Crippen molar-refractivity contribution in [2.45, 2.75) is 19.9 Å². The number of ether oxygens (including phenoxy) is 1. The van der Waals surface area contributed by atoms with Crippen molar-refractivity contribution in [3.8, 4) is 5.69 Å². The number of benzene rings is 1. The third kappa shape index (κ3) is 3.97. The maximum absolute atomic E-state index is 12.2. The van der Waals surface area contributed by atoms with E-state index in [9.17, 15) is 9.59 Å². The molecule has 0 aliphatic heterocycles. The molecule has 1 atom stereocenters. The number of amides is 1. The van der Waals surface area contributed by atoms with Crippen LogP contribution in [0.15, 0.2) is 53.1 Å². The number of esters is 1. The predicted molar refractivity (Wildman–Crippen MR) is 91.6 cm³/mol. The van der Waals surface area contributed by atoms with Gasteiger partial charge in [0, 0.05) is 0 Å². The van der Waals surface area contributed by atoms with E-state index in [0.29, 0.717) is 11.5 Å². The SMILES string of the molecule is Cc1nn(-c2ccccc2)nc1C(=O)OCC(=O)N[C@@H](C)c1ccco1. The predicted octanol–water partition coefficient (Wildman–Crippen LogP) is 2.20. The fourth-order valence-electron chi connectivity index (χ4n) is 2.34. The van der Waals surface area contributed by atoms with Gasteiger partial charge in [0.15, 0.2) is 12.3 Å². The molecule has 1 amide bonds.